The molecular weight excluding hydrogens is 360 g/mol. The molecule has 2 aromatic carbocycles. The van der Waals surface area contributed by atoms with Crippen molar-refractivity contribution in [3.63, 3.8) is 0 Å². The van der Waals surface area contributed by atoms with Gasteiger partial charge in [0.1, 0.15) is 5.60 Å². The molecule has 0 N–H and O–H groups in total. The van der Waals surface area contributed by atoms with E-state index in [2.05, 4.69) is 35.0 Å². The topological polar surface area (TPSA) is 41.9 Å². The summed E-state index contributed by atoms with van der Waals surface area (Å²) in [4.78, 5) is 20.2. The summed E-state index contributed by atoms with van der Waals surface area (Å²) in [7, 11) is 0. The SMILES string of the molecule is Cc1cccc2c1C1(C=N2)CCN(Cc2ccccc2)C=C1C(=O)OC(C)(C)C. The van der Waals surface area contributed by atoms with Crippen LogP contribution in [0.1, 0.15) is 43.9 Å². The lowest BCUT2D eigenvalue weighted by atomic mass is 9.70. The molecule has 2 aliphatic rings. The monoisotopic (exact) mass is 388 g/mol. The first kappa shape index (κ1) is 19.4. The van der Waals surface area contributed by atoms with Crippen LogP contribution in [0.25, 0.3) is 0 Å². The lowest BCUT2D eigenvalue weighted by Gasteiger charge is -2.39. The standard InChI is InChI=1S/C25H28N2O2/c1-18-9-8-12-21-22(18)25(17-26-21)13-14-27(15-19-10-6-5-7-11-19)16-20(25)23(28)29-24(2,3)4/h5-12,16-17H,13-15H2,1-4H3. The van der Waals surface area contributed by atoms with Gasteiger partial charge in [0.05, 0.1) is 16.7 Å². The number of aliphatic imine (C=N–C) groups is 1. The highest BCUT2D eigenvalue weighted by Crippen LogP contribution is 2.48. The average Bonchev–Trinajstić information content (AvgIpc) is 3.03. The molecular formula is C25H28N2O2. The first-order valence-corrected chi connectivity index (χ1v) is 10.2. The minimum absolute atomic E-state index is 0.266. The second kappa shape index (κ2) is 7.18. The predicted octanol–water partition coefficient (Wildman–Crippen LogP) is 5.08. The molecule has 4 nitrogen and oxygen atoms in total. The lowest BCUT2D eigenvalue weighted by molar-refractivity contribution is -0.150. The number of benzene rings is 2. The lowest BCUT2D eigenvalue weighted by Crippen LogP contribution is -2.43. The first-order chi connectivity index (χ1) is 13.8. The van der Waals surface area contributed by atoms with Crippen LogP contribution in [0.5, 0.6) is 0 Å². The third-order valence-corrected chi connectivity index (χ3v) is 5.55. The molecule has 1 atom stereocenters. The van der Waals surface area contributed by atoms with Gasteiger partial charge in [-0.2, -0.15) is 0 Å². The number of hydrogen-bond donors (Lipinski definition) is 0. The highest BCUT2D eigenvalue weighted by atomic mass is 16.6. The Morgan fingerprint density at radius 2 is 1.90 bits per heavy atom. The Kier molecular flexibility index (Phi) is 4.81. The zero-order valence-electron chi connectivity index (χ0n) is 17.6. The molecule has 4 heteroatoms. The van der Waals surface area contributed by atoms with Gasteiger partial charge in [-0.3, -0.25) is 4.99 Å². The molecule has 4 rings (SSSR count). The van der Waals surface area contributed by atoms with Crippen LogP contribution in [0.15, 0.2) is 65.3 Å². The van der Waals surface area contributed by atoms with E-state index in [1.807, 2.05) is 63.5 Å². The van der Waals surface area contributed by atoms with E-state index in [1.165, 1.54) is 5.56 Å². The summed E-state index contributed by atoms with van der Waals surface area (Å²) in [6.45, 7) is 9.43. The molecule has 0 aromatic heterocycles. The van der Waals surface area contributed by atoms with Gasteiger partial charge in [-0.25, -0.2) is 4.79 Å². The summed E-state index contributed by atoms with van der Waals surface area (Å²) in [5.74, 6) is -0.266. The number of rotatable bonds is 3. The first-order valence-electron chi connectivity index (χ1n) is 10.2. The van der Waals surface area contributed by atoms with Crippen molar-refractivity contribution in [2.45, 2.75) is 51.7 Å². The Bertz CT molecular complexity index is 986. The van der Waals surface area contributed by atoms with Gasteiger partial charge in [0.2, 0.25) is 0 Å². The zero-order chi connectivity index (χ0) is 20.6. The van der Waals surface area contributed by atoms with Crippen LogP contribution < -0.4 is 0 Å². The van der Waals surface area contributed by atoms with Crippen LogP contribution in [0.2, 0.25) is 0 Å². The van der Waals surface area contributed by atoms with Crippen LogP contribution in [0.4, 0.5) is 5.69 Å². The Labute approximate surface area is 172 Å². The third-order valence-electron chi connectivity index (χ3n) is 5.55. The Morgan fingerprint density at radius 3 is 2.62 bits per heavy atom. The quantitative estimate of drug-likeness (QED) is 0.689. The summed E-state index contributed by atoms with van der Waals surface area (Å²) in [5, 5.41) is 0. The van der Waals surface area contributed by atoms with E-state index in [0.717, 1.165) is 36.3 Å². The molecule has 0 aliphatic carbocycles. The van der Waals surface area contributed by atoms with Crippen molar-refractivity contribution in [2.75, 3.05) is 6.54 Å². The van der Waals surface area contributed by atoms with Crippen molar-refractivity contribution in [3.05, 3.63) is 77.0 Å². The maximum absolute atomic E-state index is 13.3. The van der Waals surface area contributed by atoms with Crippen LogP contribution in [0, 0.1) is 6.92 Å². The van der Waals surface area contributed by atoms with Crippen LogP contribution >= 0.6 is 0 Å². The van der Waals surface area contributed by atoms with Crippen molar-refractivity contribution in [2.24, 2.45) is 4.99 Å². The van der Waals surface area contributed by atoms with E-state index in [9.17, 15) is 4.79 Å². The van der Waals surface area contributed by atoms with Gasteiger partial charge >= 0.3 is 5.97 Å². The highest BCUT2D eigenvalue weighted by molar-refractivity contribution is 6.03. The molecule has 0 saturated heterocycles. The van der Waals surface area contributed by atoms with Crippen molar-refractivity contribution in [3.8, 4) is 0 Å². The molecule has 2 aromatic rings. The molecule has 0 radical (unpaired) electrons. The van der Waals surface area contributed by atoms with Gasteiger partial charge in [-0.05, 0) is 56.9 Å². The van der Waals surface area contributed by atoms with E-state index < -0.39 is 11.0 Å². The number of carbonyl (C=O) groups excluding carboxylic acids is 1. The van der Waals surface area contributed by atoms with Gasteiger partial charge in [0.25, 0.3) is 0 Å². The van der Waals surface area contributed by atoms with Crippen molar-refractivity contribution in [1.29, 1.82) is 0 Å². The minimum Gasteiger partial charge on any atom is -0.457 e. The highest BCUT2D eigenvalue weighted by Gasteiger charge is 2.47. The number of aryl methyl sites for hydroxylation is 1. The fourth-order valence-electron chi connectivity index (χ4n) is 4.31. The summed E-state index contributed by atoms with van der Waals surface area (Å²) in [6.07, 6.45) is 4.75. The molecule has 0 bridgehead atoms. The molecule has 1 unspecified atom stereocenters. The molecule has 1 spiro atoms. The molecule has 0 fully saturated rings. The Hall–Kier alpha value is -2.88. The van der Waals surface area contributed by atoms with Crippen LogP contribution in [-0.2, 0) is 21.5 Å². The van der Waals surface area contributed by atoms with E-state index in [0.29, 0.717) is 5.57 Å². The van der Waals surface area contributed by atoms with E-state index >= 15 is 0 Å². The summed E-state index contributed by atoms with van der Waals surface area (Å²) in [5.41, 5.74) is 4.08. The zero-order valence-corrected chi connectivity index (χ0v) is 17.6. The second-order valence-electron chi connectivity index (χ2n) is 8.95. The second-order valence-corrected chi connectivity index (χ2v) is 8.95. The molecule has 0 saturated carbocycles. The Balaban J connectivity index is 1.76. The predicted molar refractivity (Wildman–Crippen MR) is 116 cm³/mol. The third kappa shape index (κ3) is 3.71. The number of carbonyl (C=O) groups is 1. The summed E-state index contributed by atoms with van der Waals surface area (Å²) < 4.78 is 5.82. The molecule has 29 heavy (non-hydrogen) atoms. The Morgan fingerprint density at radius 1 is 1.14 bits per heavy atom. The fourth-order valence-corrected chi connectivity index (χ4v) is 4.31. The molecule has 2 heterocycles. The summed E-state index contributed by atoms with van der Waals surface area (Å²) >= 11 is 0. The largest absolute Gasteiger partial charge is 0.457 e. The number of hydrogen-bond acceptors (Lipinski definition) is 4. The number of fused-ring (bicyclic) bond motifs is 2. The normalized spacial score (nSPS) is 20.6. The maximum Gasteiger partial charge on any atom is 0.337 e. The van der Waals surface area contributed by atoms with Crippen LogP contribution in [-0.4, -0.2) is 29.2 Å². The molecule has 0 amide bonds. The average molecular weight is 389 g/mol. The van der Waals surface area contributed by atoms with Gasteiger partial charge in [-0.15, -0.1) is 0 Å². The molecule has 2 aliphatic heterocycles. The van der Waals surface area contributed by atoms with Gasteiger partial charge < -0.3 is 9.64 Å². The van der Waals surface area contributed by atoms with Crippen molar-refractivity contribution >= 4 is 17.9 Å². The number of nitrogens with zero attached hydrogens (tertiary/aromatic N) is 2. The van der Waals surface area contributed by atoms with E-state index in [4.69, 9.17) is 4.74 Å². The fraction of sp³-hybridized carbons (Fsp3) is 0.360. The van der Waals surface area contributed by atoms with Gasteiger partial charge in [-0.1, -0.05) is 42.5 Å². The van der Waals surface area contributed by atoms with E-state index in [1.54, 1.807) is 0 Å². The van der Waals surface area contributed by atoms with Crippen molar-refractivity contribution < 1.29 is 9.53 Å². The minimum atomic E-state index is -0.550. The smallest absolute Gasteiger partial charge is 0.337 e. The van der Waals surface area contributed by atoms with Crippen LogP contribution in [0.3, 0.4) is 0 Å². The van der Waals surface area contributed by atoms with E-state index in [-0.39, 0.29) is 5.97 Å². The van der Waals surface area contributed by atoms with Crippen molar-refractivity contribution in [1.82, 2.24) is 4.90 Å². The van der Waals surface area contributed by atoms with Gasteiger partial charge in [0, 0.05) is 25.5 Å². The van der Waals surface area contributed by atoms with Gasteiger partial charge in [0.15, 0.2) is 0 Å². The summed E-state index contributed by atoms with van der Waals surface area (Å²) in [6, 6.07) is 16.5. The molecule has 150 valence electrons. The number of esters is 1. The number of ether oxygens (including phenoxy) is 1. The maximum atomic E-state index is 13.3.